The first-order chi connectivity index (χ1) is 6.84. The smallest absolute Gasteiger partial charge is 0.379 e. The molecule has 1 heterocycles. The van der Waals surface area contributed by atoms with E-state index in [4.69, 9.17) is 5.11 Å². The van der Waals surface area contributed by atoms with E-state index in [1.807, 2.05) is 0 Å². The van der Waals surface area contributed by atoms with Gasteiger partial charge in [0.2, 0.25) is 0 Å². The van der Waals surface area contributed by atoms with E-state index in [1.54, 1.807) is 0 Å². The maximum Gasteiger partial charge on any atom is 0.379 e. The number of rotatable bonds is 2. The van der Waals surface area contributed by atoms with Crippen LogP contribution in [0.5, 0.6) is 0 Å². The van der Waals surface area contributed by atoms with Crippen LogP contribution in [0.3, 0.4) is 0 Å². The van der Waals surface area contributed by atoms with Gasteiger partial charge in [-0.2, -0.15) is 0 Å². The molecule has 0 aliphatic carbocycles. The number of aliphatic hydroxyl groups is 5. The van der Waals surface area contributed by atoms with Crippen LogP contribution in [-0.2, 0) is 13.9 Å². The lowest BCUT2D eigenvalue weighted by molar-refractivity contribution is -0.309. The molecule has 8 nitrogen and oxygen atoms in total. The van der Waals surface area contributed by atoms with Gasteiger partial charge in [0, 0.05) is 0 Å². The molecule has 0 amide bonds. The van der Waals surface area contributed by atoms with Crippen LogP contribution in [0, 0.1) is 0 Å². The average molecular weight is 242 g/mol. The second-order valence-electron chi connectivity index (χ2n) is 3.18. The summed E-state index contributed by atoms with van der Waals surface area (Å²) >= 11 is 0. The van der Waals surface area contributed by atoms with E-state index in [0.29, 0.717) is 0 Å². The first-order valence-electron chi connectivity index (χ1n) is 4.04. The van der Waals surface area contributed by atoms with E-state index in [0.717, 1.165) is 0 Å². The Morgan fingerprint density at radius 1 is 1.20 bits per heavy atom. The van der Waals surface area contributed by atoms with E-state index < -0.39 is 44.2 Å². The minimum Gasteiger partial charge on any atom is -0.394 e. The summed E-state index contributed by atoms with van der Waals surface area (Å²) in [5.74, 6) is 0. The van der Waals surface area contributed by atoms with Crippen LogP contribution in [0.15, 0.2) is 0 Å². The van der Waals surface area contributed by atoms with Crippen molar-refractivity contribution in [3.05, 3.63) is 0 Å². The van der Waals surface area contributed by atoms with Crippen LogP contribution in [-0.4, -0.2) is 62.1 Å². The molecule has 1 rings (SSSR count). The maximum absolute atomic E-state index is 10.6. The van der Waals surface area contributed by atoms with Crippen molar-refractivity contribution in [2.75, 3.05) is 6.61 Å². The van der Waals surface area contributed by atoms with Crippen molar-refractivity contribution in [2.45, 2.75) is 29.9 Å². The lowest BCUT2D eigenvalue weighted by atomic mass is 9.99. The SMILES string of the molecule is O=P(=O)C1(O)OC(CO)C(O)C(O)C1O. The van der Waals surface area contributed by atoms with Crippen LogP contribution in [0.4, 0.5) is 0 Å². The predicted molar refractivity (Wildman–Crippen MR) is 43.2 cm³/mol. The molecule has 1 aliphatic rings. The zero-order chi connectivity index (χ0) is 11.8. The van der Waals surface area contributed by atoms with Gasteiger partial charge in [0.1, 0.15) is 18.3 Å². The fourth-order valence-corrected chi connectivity index (χ4v) is 1.88. The predicted octanol–water partition coefficient (Wildman–Crippen LogP) is -2.72. The van der Waals surface area contributed by atoms with Crippen LogP contribution in [0.1, 0.15) is 0 Å². The third-order valence-electron chi connectivity index (χ3n) is 2.21. The highest BCUT2D eigenvalue weighted by Gasteiger charge is 2.56. The molecule has 5 atom stereocenters. The Bertz CT molecular complexity index is 294. The van der Waals surface area contributed by atoms with Crippen LogP contribution in [0.25, 0.3) is 0 Å². The van der Waals surface area contributed by atoms with Gasteiger partial charge in [-0.1, -0.05) is 0 Å². The van der Waals surface area contributed by atoms with Crippen molar-refractivity contribution < 1.29 is 39.4 Å². The summed E-state index contributed by atoms with van der Waals surface area (Å²) in [6.45, 7) is -0.809. The number of hydrogen-bond donors (Lipinski definition) is 5. The van der Waals surface area contributed by atoms with Crippen LogP contribution >= 0.6 is 7.68 Å². The standard InChI is InChI=1S/C6H11O8P/c7-1-2-3(8)4(9)5(10)6(11,14-2)15(12)13/h2-5,7-11H,1H2. The van der Waals surface area contributed by atoms with Crippen molar-refractivity contribution >= 4 is 7.68 Å². The van der Waals surface area contributed by atoms with Crippen LogP contribution < -0.4 is 0 Å². The summed E-state index contributed by atoms with van der Waals surface area (Å²) in [4.78, 5) is 0. The molecule has 0 aromatic heterocycles. The maximum atomic E-state index is 10.6. The quantitative estimate of drug-likeness (QED) is 0.328. The Balaban J connectivity index is 3.02. The second kappa shape index (κ2) is 4.26. The summed E-state index contributed by atoms with van der Waals surface area (Å²) in [7, 11) is -3.62. The Kier molecular flexibility index (Phi) is 3.62. The summed E-state index contributed by atoms with van der Waals surface area (Å²) in [5, 5.41) is 45.7. The van der Waals surface area contributed by atoms with Crippen molar-refractivity contribution in [2.24, 2.45) is 0 Å². The largest absolute Gasteiger partial charge is 0.394 e. The molecule has 1 saturated heterocycles. The number of ether oxygens (including phenoxy) is 1. The summed E-state index contributed by atoms with van der Waals surface area (Å²) in [6, 6.07) is 0. The third kappa shape index (κ3) is 1.98. The molecular weight excluding hydrogens is 231 g/mol. The van der Waals surface area contributed by atoms with Gasteiger partial charge in [0.15, 0.2) is 6.10 Å². The summed E-state index contributed by atoms with van der Waals surface area (Å²) in [6.07, 6.45) is -7.29. The third-order valence-corrected chi connectivity index (χ3v) is 3.10. The van der Waals surface area contributed by atoms with E-state index in [1.165, 1.54) is 0 Å². The van der Waals surface area contributed by atoms with E-state index in [9.17, 15) is 29.6 Å². The number of aliphatic hydroxyl groups excluding tert-OH is 4. The van der Waals surface area contributed by atoms with Gasteiger partial charge in [-0.3, -0.25) is 0 Å². The highest BCUT2D eigenvalue weighted by atomic mass is 31.1. The molecule has 9 heteroatoms. The molecule has 88 valence electrons. The average Bonchev–Trinajstić information content (AvgIpc) is 2.20. The molecule has 1 aliphatic heterocycles. The molecule has 15 heavy (non-hydrogen) atoms. The zero-order valence-corrected chi connectivity index (χ0v) is 8.32. The number of hydrogen-bond acceptors (Lipinski definition) is 8. The lowest BCUT2D eigenvalue weighted by Crippen LogP contribution is -2.63. The van der Waals surface area contributed by atoms with Crippen LogP contribution in [0.2, 0.25) is 0 Å². The van der Waals surface area contributed by atoms with E-state index in [-0.39, 0.29) is 0 Å². The van der Waals surface area contributed by atoms with Gasteiger partial charge in [0.05, 0.1) is 6.61 Å². The lowest BCUT2D eigenvalue weighted by Gasteiger charge is -2.41. The molecule has 0 aromatic carbocycles. The Hall–Kier alpha value is -0.340. The minimum atomic E-state index is -3.62. The van der Waals surface area contributed by atoms with Gasteiger partial charge in [0.25, 0.3) is 0 Å². The van der Waals surface area contributed by atoms with Crippen molar-refractivity contribution in [1.29, 1.82) is 0 Å². The first-order valence-corrected chi connectivity index (χ1v) is 5.22. The zero-order valence-electron chi connectivity index (χ0n) is 7.42. The normalized spacial score (nSPS) is 46.5. The fourth-order valence-electron chi connectivity index (χ4n) is 1.29. The van der Waals surface area contributed by atoms with Crippen molar-refractivity contribution in [1.82, 2.24) is 0 Å². The second-order valence-corrected chi connectivity index (χ2v) is 4.34. The molecular formula is C6H11O8P. The minimum absolute atomic E-state index is 0.809. The monoisotopic (exact) mass is 242 g/mol. The topological polar surface area (TPSA) is 145 Å². The molecule has 1 fully saturated rings. The Morgan fingerprint density at radius 3 is 2.13 bits per heavy atom. The van der Waals surface area contributed by atoms with Crippen molar-refractivity contribution in [3.63, 3.8) is 0 Å². The Morgan fingerprint density at radius 2 is 1.73 bits per heavy atom. The molecule has 0 bridgehead atoms. The van der Waals surface area contributed by atoms with Gasteiger partial charge in [-0.15, -0.1) is 0 Å². The Labute approximate surface area is 84.6 Å². The summed E-state index contributed by atoms with van der Waals surface area (Å²) in [5.41, 5.74) is -3.00. The highest BCUT2D eigenvalue weighted by molar-refractivity contribution is 7.32. The van der Waals surface area contributed by atoms with Gasteiger partial charge >= 0.3 is 13.2 Å². The van der Waals surface area contributed by atoms with Gasteiger partial charge < -0.3 is 30.3 Å². The first kappa shape index (κ1) is 12.7. The van der Waals surface area contributed by atoms with Gasteiger partial charge in [-0.25, -0.2) is 9.13 Å². The molecule has 0 radical (unpaired) electrons. The van der Waals surface area contributed by atoms with E-state index >= 15 is 0 Å². The molecule has 0 spiro atoms. The van der Waals surface area contributed by atoms with Gasteiger partial charge in [-0.05, 0) is 0 Å². The highest BCUT2D eigenvalue weighted by Crippen LogP contribution is 2.38. The van der Waals surface area contributed by atoms with Crippen molar-refractivity contribution in [3.8, 4) is 0 Å². The molecule has 5 N–H and O–H groups in total. The molecule has 0 saturated carbocycles. The van der Waals surface area contributed by atoms with E-state index in [2.05, 4.69) is 4.74 Å². The summed E-state index contributed by atoms with van der Waals surface area (Å²) < 4.78 is 25.7. The molecule has 5 unspecified atom stereocenters. The molecule has 0 aromatic rings. The fraction of sp³-hybridized carbons (Fsp3) is 1.00.